The van der Waals surface area contributed by atoms with E-state index in [0.717, 1.165) is 29.3 Å². The normalized spacial score (nSPS) is 12.3. The van der Waals surface area contributed by atoms with Gasteiger partial charge in [0, 0.05) is 24.2 Å². The van der Waals surface area contributed by atoms with Gasteiger partial charge in [0.25, 0.3) is 0 Å². The van der Waals surface area contributed by atoms with Crippen LogP contribution in [0.5, 0.6) is 0 Å². The summed E-state index contributed by atoms with van der Waals surface area (Å²) < 4.78 is 6.69. The molecule has 0 aliphatic rings. The zero-order valence-corrected chi connectivity index (χ0v) is 20.9. The molecule has 5 nitrogen and oxygen atoms in total. The van der Waals surface area contributed by atoms with Gasteiger partial charge in [0.2, 0.25) is 0 Å². The van der Waals surface area contributed by atoms with Crippen LogP contribution in [-0.2, 0) is 16.9 Å². The molecule has 1 unspecified atom stereocenters. The second-order valence-corrected chi connectivity index (χ2v) is 9.17. The number of aldehydes is 2. The van der Waals surface area contributed by atoms with Gasteiger partial charge < -0.3 is 9.84 Å². The molecular formula is C32H31NO4. The predicted molar refractivity (Wildman–Crippen MR) is 145 cm³/mol. The number of nitrogens with zero attached hydrogens (tertiary/aromatic N) is 1. The molecular weight excluding hydrogens is 462 g/mol. The zero-order valence-electron chi connectivity index (χ0n) is 20.9. The molecule has 0 saturated carbocycles. The summed E-state index contributed by atoms with van der Waals surface area (Å²) in [6.07, 6.45) is 0.861. The van der Waals surface area contributed by atoms with Gasteiger partial charge in [0.05, 0.1) is 12.7 Å². The molecule has 0 aromatic heterocycles. The summed E-state index contributed by atoms with van der Waals surface area (Å²) >= 11 is 0. The van der Waals surface area contributed by atoms with Crippen LogP contribution in [0.4, 0.5) is 0 Å². The number of carbonyl (C=O) groups is 2. The molecule has 1 atom stereocenters. The second-order valence-electron chi connectivity index (χ2n) is 9.17. The van der Waals surface area contributed by atoms with E-state index in [0.29, 0.717) is 24.2 Å². The Labute approximate surface area is 218 Å². The number of aliphatic hydroxyl groups excluding tert-OH is 1. The lowest BCUT2D eigenvalue weighted by Crippen LogP contribution is -2.39. The highest BCUT2D eigenvalue weighted by molar-refractivity contribution is 5.75. The van der Waals surface area contributed by atoms with Crippen molar-refractivity contribution in [3.05, 3.63) is 143 Å². The van der Waals surface area contributed by atoms with Crippen LogP contribution >= 0.6 is 0 Å². The molecule has 0 amide bonds. The Morgan fingerprint density at radius 3 is 1.68 bits per heavy atom. The van der Waals surface area contributed by atoms with Crippen molar-refractivity contribution in [2.75, 3.05) is 20.2 Å². The summed E-state index contributed by atoms with van der Waals surface area (Å²) in [6, 6.07) is 34.4. The van der Waals surface area contributed by atoms with Crippen LogP contribution in [-0.4, -0.2) is 48.9 Å². The zero-order chi connectivity index (χ0) is 26.1. The molecule has 188 valence electrons. The number of carbonyl (C=O) groups excluding carboxylic acids is 2. The molecule has 37 heavy (non-hydrogen) atoms. The average molecular weight is 494 g/mol. The van der Waals surface area contributed by atoms with Crippen molar-refractivity contribution in [2.45, 2.75) is 18.2 Å². The number of hydrogen-bond acceptors (Lipinski definition) is 5. The quantitative estimate of drug-likeness (QED) is 0.219. The molecule has 4 aromatic rings. The number of aliphatic hydroxyl groups is 1. The smallest absolute Gasteiger partial charge is 0.150 e. The first-order valence-corrected chi connectivity index (χ1v) is 12.3. The summed E-state index contributed by atoms with van der Waals surface area (Å²) in [5.74, 6) is 0. The minimum absolute atomic E-state index is 0.0683. The lowest BCUT2D eigenvalue weighted by atomic mass is 9.79. The number of hydrogen-bond donors (Lipinski definition) is 1. The number of likely N-dealkylation sites (N-methyl/N-ethyl adjacent to an activating group) is 1. The van der Waals surface area contributed by atoms with E-state index >= 15 is 0 Å². The van der Waals surface area contributed by atoms with Crippen molar-refractivity contribution in [3.63, 3.8) is 0 Å². The third kappa shape index (κ3) is 6.27. The maximum atomic E-state index is 11.3. The highest BCUT2D eigenvalue weighted by Gasteiger charge is 2.38. The highest BCUT2D eigenvalue weighted by Crippen LogP contribution is 2.40. The maximum Gasteiger partial charge on any atom is 0.150 e. The van der Waals surface area contributed by atoms with Gasteiger partial charge in [0.1, 0.15) is 18.2 Å². The average Bonchev–Trinajstić information content (AvgIpc) is 2.95. The number of rotatable bonds is 12. The van der Waals surface area contributed by atoms with E-state index in [2.05, 4.69) is 17.0 Å². The molecule has 4 aromatic carbocycles. The minimum Gasteiger partial charge on any atom is -0.389 e. The van der Waals surface area contributed by atoms with Crippen LogP contribution in [0.1, 0.15) is 43.0 Å². The van der Waals surface area contributed by atoms with Crippen molar-refractivity contribution in [1.82, 2.24) is 4.90 Å². The third-order valence-electron chi connectivity index (χ3n) is 6.40. The SMILES string of the molecule is CN(Cc1ccccc1)CC(O)COC(c1ccccc1)(c1ccc(C=O)cc1)c1ccc(C=O)cc1. The standard InChI is InChI=1S/C32H31NO4/c1-33(20-25-8-4-2-5-9-25)21-31(36)24-37-32(28-10-6-3-7-11-28,29-16-12-26(22-34)13-17-29)30-18-14-27(23-35)15-19-30/h2-19,22-23,31,36H,20-21,24H2,1H3. The lowest BCUT2D eigenvalue weighted by molar-refractivity contribution is -0.0453. The summed E-state index contributed by atoms with van der Waals surface area (Å²) in [4.78, 5) is 24.7. The number of ether oxygens (including phenoxy) is 1. The van der Waals surface area contributed by atoms with Crippen LogP contribution in [0.15, 0.2) is 109 Å². The van der Waals surface area contributed by atoms with Crippen LogP contribution in [0.2, 0.25) is 0 Å². The Kier molecular flexibility index (Phi) is 8.75. The van der Waals surface area contributed by atoms with Gasteiger partial charge in [0.15, 0.2) is 0 Å². The van der Waals surface area contributed by atoms with Crippen molar-refractivity contribution in [2.24, 2.45) is 0 Å². The van der Waals surface area contributed by atoms with E-state index < -0.39 is 11.7 Å². The van der Waals surface area contributed by atoms with E-state index in [-0.39, 0.29) is 6.61 Å². The monoisotopic (exact) mass is 493 g/mol. The molecule has 0 bridgehead atoms. The maximum absolute atomic E-state index is 11.3. The largest absolute Gasteiger partial charge is 0.389 e. The van der Waals surface area contributed by atoms with Gasteiger partial charge in [-0.3, -0.25) is 14.5 Å². The van der Waals surface area contributed by atoms with Gasteiger partial charge >= 0.3 is 0 Å². The Balaban J connectivity index is 1.68. The van der Waals surface area contributed by atoms with Crippen molar-refractivity contribution in [1.29, 1.82) is 0 Å². The fourth-order valence-electron chi connectivity index (χ4n) is 4.61. The van der Waals surface area contributed by atoms with E-state index in [1.54, 1.807) is 24.3 Å². The second kappa shape index (κ2) is 12.4. The first-order chi connectivity index (χ1) is 18.0. The van der Waals surface area contributed by atoms with Crippen molar-refractivity contribution < 1.29 is 19.4 Å². The molecule has 0 heterocycles. The molecule has 0 spiro atoms. The van der Waals surface area contributed by atoms with Crippen molar-refractivity contribution >= 4 is 12.6 Å². The summed E-state index contributed by atoms with van der Waals surface area (Å²) in [5.41, 5.74) is 3.72. The van der Waals surface area contributed by atoms with Crippen molar-refractivity contribution in [3.8, 4) is 0 Å². The first-order valence-electron chi connectivity index (χ1n) is 12.3. The summed E-state index contributed by atoms with van der Waals surface area (Å²) in [5, 5.41) is 11.0. The molecule has 0 saturated heterocycles. The van der Waals surface area contributed by atoms with Crippen LogP contribution in [0, 0.1) is 0 Å². The fourth-order valence-corrected chi connectivity index (χ4v) is 4.61. The van der Waals surface area contributed by atoms with E-state index in [4.69, 9.17) is 4.74 Å². The molecule has 0 radical (unpaired) electrons. The lowest BCUT2D eigenvalue weighted by Gasteiger charge is -2.37. The van der Waals surface area contributed by atoms with Crippen LogP contribution in [0.3, 0.4) is 0 Å². The molecule has 4 rings (SSSR count). The van der Waals surface area contributed by atoms with E-state index in [9.17, 15) is 14.7 Å². The Morgan fingerprint density at radius 1 is 0.730 bits per heavy atom. The Morgan fingerprint density at radius 2 is 1.19 bits per heavy atom. The van der Waals surface area contributed by atoms with Crippen LogP contribution in [0.25, 0.3) is 0 Å². The summed E-state index contributed by atoms with van der Waals surface area (Å²) in [6.45, 7) is 1.20. The molecule has 0 aliphatic heterocycles. The Hall–Kier alpha value is -3.90. The first kappa shape index (κ1) is 26.2. The third-order valence-corrected chi connectivity index (χ3v) is 6.40. The molecule has 0 fully saturated rings. The Bertz CT molecular complexity index is 1220. The molecule has 1 N–H and O–H groups in total. The van der Waals surface area contributed by atoms with Crippen LogP contribution < -0.4 is 0 Å². The number of benzene rings is 4. The van der Waals surface area contributed by atoms with E-state index in [1.165, 1.54) is 5.56 Å². The summed E-state index contributed by atoms with van der Waals surface area (Å²) in [7, 11) is 1.97. The van der Waals surface area contributed by atoms with Gasteiger partial charge in [-0.2, -0.15) is 0 Å². The van der Waals surface area contributed by atoms with Gasteiger partial charge in [-0.1, -0.05) is 109 Å². The molecule has 5 heteroatoms. The fraction of sp³-hybridized carbons (Fsp3) is 0.188. The minimum atomic E-state index is -1.07. The predicted octanol–water partition coefficient (Wildman–Crippen LogP) is 5.11. The van der Waals surface area contributed by atoms with E-state index in [1.807, 2.05) is 79.8 Å². The topological polar surface area (TPSA) is 66.8 Å². The van der Waals surface area contributed by atoms with Gasteiger partial charge in [-0.25, -0.2) is 0 Å². The highest BCUT2D eigenvalue weighted by atomic mass is 16.5. The van der Waals surface area contributed by atoms with Gasteiger partial charge in [-0.05, 0) is 29.3 Å². The van der Waals surface area contributed by atoms with Gasteiger partial charge in [-0.15, -0.1) is 0 Å². The molecule has 0 aliphatic carbocycles.